The number of carbonyl (C=O) groups is 1. The number of hydrogen-bond donors (Lipinski definition) is 2. The molecule has 0 aromatic rings. The Morgan fingerprint density at radius 1 is 1.09 bits per heavy atom. The summed E-state index contributed by atoms with van der Waals surface area (Å²) in [5.74, 6) is 1.57. The number of carbonyl (C=O) groups excluding carboxylic acids is 1. The topological polar surface area (TPSA) is 57.5 Å². The second-order valence-electron chi connectivity index (χ2n) is 8.75. The molecule has 0 heterocycles. The molecule has 3 heteroatoms. The van der Waals surface area contributed by atoms with Crippen molar-refractivity contribution in [2.75, 3.05) is 0 Å². The second-order valence-corrected chi connectivity index (χ2v) is 8.75. The summed E-state index contributed by atoms with van der Waals surface area (Å²) in [5, 5.41) is 21.0. The van der Waals surface area contributed by atoms with E-state index >= 15 is 0 Å². The molecule has 6 atom stereocenters. The number of rotatable bonds is 0. The van der Waals surface area contributed by atoms with Crippen molar-refractivity contribution >= 4 is 5.78 Å². The van der Waals surface area contributed by atoms with Crippen LogP contribution in [0.5, 0.6) is 0 Å². The molecule has 3 fully saturated rings. The zero-order valence-corrected chi connectivity index (χ0v) is 13.8. The van der Waals surface area contributed by atoms with E-state index in [9.17, 15) is 15.0 Å². The maximum atomic E-state index is 11.9. The van der Waals surface area contributed by atoms with Crippen LogP contribution < -0.4 is 0 Å². The summed E-state index contributed by atoms with van der Waals surface area (Å²) >= 11 is 0. The molecule has 0 radical (unpaired) electrons. The van der Waals surface area contributed by atoms with Crippen LogP contribution in [0.2, 0.25) is 0 Å². The average molecular weight is 304 g/mol. The summed E-state index contributed by atoms with van der Waals surface area (Å²) in [6, 6.07) is 0. The zero-order valence-electron chi connectivity index (χ0n) is 13.8. The highest BCUT2D eigenvalue weighted by atomic mass is 16.3. The van der Waals surface area contributed by atoms with E-state index in [1.165, 1.54) is 25.7 Å². The number of ketones is 1. The fraction of sp³-hybridized carbons (Fsp3) is 0.842. The first-order chi connectivity index (χ1) is 10.4. The van der Waals surface area contributed by atoms with Gasteiger partial charge in [0.1, 0.15) is 0 Å². The highest BCUT2D eigenvalue weighted by Gasteiger charge is 2.59. The van der Waals surface area contributed by atoms with Crippen LogP contribution in [0.4, 0.5) is 0 Å². The monoisotopic (exact) mass is 304 g/mol. The van der Waals surface area contributed by atoms with Gasteiger partial charge in [-0.05, 0) is 67.3 Å². The van der Waals surface area contributed by atoms with Crippen LogP contribution in [0.3, 0.4) is 0 Å². The van der Waals surface area contributed by atoms with Gasteiger partial charge in [-0.2, -0.15) is 0 Å². The van der Waals surface area contributed by atoms with Gasteiger partial charge in [0.15, 0.2) is 11.5 Å². The maximum absolute atomic E-state index is 11.9. The fourth-order valence-electron chi connectivity index (χ4n) is 6.71. The maximum Gasteiger partial charge on any atom is 0.199 e. The highest BCUT2D eigenvalue weighted by molar-refractivity contribution is 5.95. The Morgan fingerprint density at radius 3 is 2.64 bits per heavy atom. The van der Waals surface area contributed by atoms with Crippen molar-refractivity contribution in [2.24, 2.45) is 28.6 Å². The first-order valence-corrected chi connectivity index (χ1v) is 9.02. The molecule has 2 N–H and O–H groups in total. The van der Waals surface area contributed by atoms with Gasteiger partial charge in [-0.25, -0.2) is 0 Å². The first kappa shape index (κ1) is 14.7. The molecule has 1 unspecified atom stereocenters. The standard InChI is InChI=1S/C19H28O3/c1-18-8-3-4-12(18)11-5-6-14-17(22)15(20)10-16(21)19(14,2)13(11)7-9-18/h11-13,16,21-22H,3-10H2,1-2H3/t11-,12-,13+,16?,18-,19+/m0/s1. The summed E-state index contributed by atoms with van der Waals surface area (Å²) in [6.45, 7) is 4.58. The Balaban J connectivity index is 1.76. The van der Waals surface area contributed by atoms with Gasteiger partial charge < -0.3 is 10.2 Å². The summed E-state index contributed by atoms with van der Waals surface area (Å²) in [4.78, 5) is 11.9. The van der Waals surface area contributed by atoms with Crippen molar-refractivity contribution in [3.8, 4) is 0 Å². The largest absolute Gasteiger partial charge is 0.504 e. The summed E-state index contributed by atoms with van der Waals surface area (Å²) in [7, 11) is 0. The minimum Gasteiger partial charge on any atom is -0.504 e. The molecule has 3 nitrogen and oxygen atoms in total. The van der Waals surface area contributed by atoms with E-state index in [0.717, 1.165) is 30.8 Å². The lowest BCUT2D eigenvalue weighted by Crippen LogP contribution is -2.55. The van der Waals surface area contributed by atoms with Gasteiger partial charge in [-0.3, -0.25) is 4.79 Å². The molecule has 4 aliphatic rings. The summed E-state index contributed by atoms with van der Waals surface area (Å²) in [5.41, 5.74) is 0.972. The highest BCUT2D eigenvalue weighted by Crippen LogP contribution is 2.65. The van der Waals surface area contributed by atoms with Crippen LogP contribution in [0, 0.1) is 28.6 Å². The van der Waals surface area contributed by atoms with Gasteiger partial charge in [-0.1, -0.05) is 20.3 Å². The zero-order chi connectivity index (χ0) is 15.7. The lowest BCUT2D eigenvalue weighted by molar-refractivity contribution is -0.131. The Kier molecular flexibility index (Phi) is 3.08. The van der Waals surface area contributed by atoms with Gasteiger partial charge in [0.05, 0.1) is 6.10 Å². The molecule has 0 amide bonds. The number of hydrogen-bond acceptors (Lipinski definition) is 3. The van der Waals surface area contributed by atoms with Gasteiger partial charge >= 0.3 is 0 Å². The molecule has 0 aromatic carbocycles. The smallest absolute Gasteiger partial charge is 0.199 e. The Morgan fingerprint density at radius 2 is 1.86 bits per heavy atom. The van der Waals surface area contributed by atoms with Crippen LogP contribution >= 0.6 is 0 Å². The van der Waals surface area contributed by atoms with Crippen molar-refractivity contribution < 1.29 is 15.0 Å². The van der Waals surface area contributed by atoms with Crippen molar-refractivity contribution in [2.45, 2.75) is 71.3 Å². The summed E-state index contributed by atoms with van der Waals surface area (Å²) < 4.78 is 0. The minimum atomic E-state index is -0.621. The molecular formula is C19H28O3. The molecule has 3 saturated carbocycles. The molecule has 4 aliphatic carbocycles. The number of fused-ring (bicyclic) bond motifs is 5. The van der Waals surface area contributed by atoms with Crippen LogP contribution in [0.1, 0.15) is 65.2 Å². The molecular weight excluding hydrogens is 276 g/mol. The van der Waals surface area contributed by atoms with E-state index in [-0.39, 0.29) is 23.4 Å². The van der Waals surface area contributed by atoms with Crippen molar-refractivity contribution in [1.29, 1.82) is 0 Å². The third-order valence-corrected chi connectivity index (χ3v) is 7.99. The third kappa shape index (κ3) is 1.69. The van der Waals surface area contributed by atoms with Gasteiger partial charge in [-0.15, -0.1) is 0 Å². The molecule has 0 spiro atoms. The third-order valence-electron chi connectivity index (χ3n) is 7.99. The Hall–Kier alpha value is -0.830. The van der Waals surface area contributed by atoms with E-state index in [1.807, 2.05) is 0 Å². The van der Waals surface area contributed by atoms with Crippen molar-refractivity contribution in [3.63, 3.8) is 0 Å². The minimum absolute atomic E-state index is 0.0222. The normalized spacial score (nSPS) is 51.3. The number of Topliss-reactive ketones (excluding diaryl/α,β-unsaturated/α-hetero) is 1. The quantitative estimate of drug-likeness (QED) is 0.716. The van der Waals surface area contributed by atoms with E-state index in [4.69, 9.17) is 0 Å². The molecule has 0 bridgehead atoms. The SMILES string of the molecule is C[C@@]12CCC[C@H]1[C@@H]1CCC3=C(O)C(=O)CC(O)[C@]3(C)[C@@H]1CC2. The molecule has 0 aromatic heterocycles. The predicted molar refractivity (Wildman–Crippen MR) is 84.3 cm³/mol. The first-order valence-electron chi connectivity index (χ1n) is 9.02. The van der Waals surface area contributed by atoms with Crippen molar-refractivity contribution in [1.82, 2.24) is 0 Å². The van der Waals surface area contributed by atoms with Gasteiger partial charge in [0.25, 0.3) is 0 Å². The molecule has 4 rings (SSSR count). The molecule has 22 heavy (non-hydrogen) atoms. The van der Waals surface area contributed by atoms with Crippen molar-refractivity contribution in [3.05, 3.63) is 11.3 Å². The van der Waals surface area contributed by atoms with Crippen LogP contribution in [-0.2, 0) is 4.79 Å². The molecule has 0 aliphatic heterocycles. The summed E-state index contributed by atoms with van der Waals surface area (Å²) in [6.07, 6.45) is 7.75. The second kappa shape index (κ2) is 4.59. The Labute approximate surface area is 132 Å². The van der Waals surface area contributed by atoms with Gasteiger partial charge in [0, 0.05) is 11.8 Å². The van der Waals surface area contributed by atoms with Crippen LogP contribution in [-0.4, -0.2) is 22.1 Å². The van der Waals surface area contributed by atoms with E-state index in [0.29, 0.717) is 17.3 Å². The fourth-order valence-corrected chi connectivity index (χ4v) is 6.71. The molecule has 122 valence electrons. The van der Waals surface area contributed by atoms with E-state index < -0.39 is 6.10 Å². The Bertz CT molecular complexity index is 551. The van der Waals surface area contributed by atoms with Crippen LogP contribution in [0.15, 0.2) is 11.3 Å². The predicted octanol–water partition coefficient (Wildman–Crippen LogP) is 3.76. The van der Waals surface area contributed by atoms with E-state index in [2.05, 4.69) is 13.8 Å². The average Bonchev–Trinajstić information content (AvgIpc) is 2.87. The lowest BCUT2D eigenvalue weighted by atomic mass is 9.47. The molecule has 0 saturated heterocycles. The van der Waals surface area contributed by atoms with Gasteiger partial charge in [0.2, 0.25) is 0 Å². The van der Waals surface area contributed by atoms with Crippen LogP contribution in [0.25, 0.3) is 0 Å². The van der Waals surface area contributed by atoms with E-state index in [1.54, 1.807) is 0 Å². The number of aliphatic hydroxyl groups excluding tert-OH is 2. The number of aliphatic hydroxyl groups is 2. The lowest BCUT2D eigenvalue weighted by Gasteiger charge is -2.58.